The summed E-state index contributed by atoms with van der Waals surface area (Å²) in [5.74, 6) is 0.689. The van der Waals surface area contributed by atoms with Gasteiger partial charge in [-0.25, -0.2) is 9.79 Å². The molecule has 0 aromatic heterocycles. The molecule has 0 radical (unpaired) electrons. The number of ether oxygens (including phenoxy) is 2. The van der Waals surface area contributed by atoms with E-state index in [1.165, 1.54) is 14.2 Å². The molecule has 27 heavy (non-hydrogen) atoms. The van der Waals surface area contributed by atoms with Crippen molar-refractivity contribution in [1.82, 2.24) is 10.2 Å². The zero-order chi connectivity index (χ0) is 19.8. The van der Waals surface area contributed by atoms with Gasteiger partial charge in [0.15, 0.2) is 5.96 Å². The number of aliphatic imine (C=N–C) groups is 1. The van der Waals surface area contributed by atoms with Crippen LogP contribution in [-0.2, 0) is 20.8 Å². The Balaban J connectivity index is 2.03. The van der Waals surface area contributed by atoms with Crippen LogP contribution in [0.25, 0.3) is 0 Å². The normalized spacial score (nSPS) is 19.6. The molecule has 1 amide bonds. The van der Waals surface area contributed by atoms with Gasteiger partial charge in [-0.05, 0) is 30.5 Å². The highest BCUT2D eigenvalue weighted by Gasteiger charge is 2.36. The van der Waals surface area contributed by atoms with Gasteiger partial charge in [0.25, 0.3) is 0 Å². The van der Waals surface area contributed by atoms with Gasteiger partial charge in [-0.1, -0.05) is 19.1 Å². The second-order valence-electron chi connectivity index (χ2n) is 6.50. The Morgan fingerprint density at radius 1 is 1.19 bits per heavy atom. The van der Waals surface area contributed by atoms with E-state index >= 15 is 0 Å². The molecular formula is C19H28N4O4. The first-order valence-electron chi connectivity index (χ1n) is 9.03. The van der Waals surface area contributed by atoms with E-state index < -0.39 is 6.09 Å². The first-order valence-corrected chi connectivity index (χ1v) is 9.03. The fourth-order valence-electron chi connectivity index (χ4n) is 3.05. The van der Waals surface area contributed by atoms with E-state index in [9.17, 15) is 9.59 Å². The standard InChI is InChI=1S/C19H28N4O4/c1-5-20-18(23-11-13(2)16(12-23)17(24)26-3)21-10-14-6-8-15(9-7-14)22-19(25)27-4/h6-9,13,16H,5,10-12H2,1-4H3,(H,20,21)(H,22,25). The lowest BCUT2D eigenvalue weighted by atomic mass is 9.99. The third-order valence-corrected chi connectivity index (χ3v) is 4.55. The number of rotatable bonds is 5. The average Bonchev–Trinajstić information content (AvgIpc) is 3.07. The number of nitrogens with zero attached hydrogens (tertiary/aromatic N) is 2. The van der Waals surface area contributed by atoms with Gasteiger partial charge in [0.1, 0.15) is 0 Å². The summed E-state index contributed by atoms with van der Waals surface area (Å²) in [6, 6.07) is 7.42. The van der Waals surface area contributed by atoms with Crippen LogP contribution in [-0.4, -0.2) is 56.8 Å². The van der Waals surface area contributed by atoms with Crippen molar-refractivity contribution >= 4 is 23.7 Å². The quantitative estimate of drug-likeness (QED) is 0.464. The molecule has 8 heteroatoms. The van der Waals surface area contributed by atoms with Crippen molar-refractivity contribution in [2.75, 3.05) is 39.2 Å². The van der Waals surface area contributed by atoms with Crippen LogP contribution < -0.4 is 10.6 Å². The lowest BCUT2D eigenvalue weighted by Gasteiger charge is -2.21. The highest BCUT2D eigenvalue weighted by atomic mass is 16.5. The molecule has 8 nitrogen and oxygen atoms in total. The smallest absolute Gasteiger partial charge is 0.411 e. The van der Waals surface area contributed by atoms with Crippen LogP contribution in [0.15, 0.2) is 29.3 Å². The Morgan fingerprint density at radius 3 is 2.48 bits per heavy atom. The Kier molecular flexibility index (Phi) is 7.45. The van der Waals surface area contributed by atoms with Gasteiger partial charge in [-0.15, -0.1) is 0 Å². The predicted octanol–water partition coefficient (Wildman–Crippen LogP) is 2.07. The third kappa shape index (κ3) is 5.60. The van der Waals surface area contributed by atoms with Crippen LogP contribution in [0.1, 0.15) is 19.4 Å². The molecule has 1 heterocycles. The Bertz CT molecular complexity index is 675. The Labute approximate surface area is 159 Å². The molecule has 1 aliphatic rings. The lowest BCUT2D eigenvalue weighted by Crippen LogP contribution is -2.40. The molecule has 2 rings (SSSR count). The van der Waals surface area contributed by atoms with Gasteiger partial charge >= 0.3 is 12.1 Å². The third-order valence-electron chi connectivity index (χ3n) is 4.55. The molecule has 1 aromatic rings. The maximum Gasteiger partial charge on any atom is 0.411 e. The van der Waals surface area contributed by atoms with Crippen LogP contribution in [0.5, 0.6) is 0 Å². The van der Waals surface area contributed by atoms with E-state index in [1.54, 1.807) is 12.1 Å². The topological polar surface area (TPSA) is 92.3 Å². The molecule has 2 N–H and O–H groups in total. The summed E-state index contributed by atoms with van der Waals surface area (Å²) in [6.45, 7) is 6.66. The summed E-state index contributed by atoms with van der Waals surface area (Å²) in [5.41, 5.74) is 1.67. The van der Waals surface area contributed by atoms with Gasteiger partial charge in [-0.3, -0.25) is 10.1 Å². The van der Waals surface area contributed by atoms with Crippen LogP contribution in [0.4, 0.5) is 10.5 Å². The highest BCUT2D eigenvalue weighted by molar-refractivity contribution is 5.84. The van der Waals surface area contributed by atoms with Crippen LogP contribution in [0.2, 0.25) is 0 Å². The first kappa shape index (κ1) is 20.5. The van der Waals surface area contributed by atoms with Crippen molar-refractivity contribution in [3.8, 4) is 0 Å². The van der Waals surface area contributed by atoms with Crippen molar-refractivity contribution in [1.29, 1.82) is 0 Å². The molecule has 0 spiro atoms. The number of carbonyl (C=O) groups excluding carboxylic acids is 2. The van der Waals surface area contributed by atoms with E-state index in [0.717, 1.165) is 24.6 Å². The van der Waals surface area contributed by atoms with Crippen molar-refractivity contribution in [3.63, 3.8) is 0 Å². The average molecular weight is 376 g/mol. The zero-order valence-corrected chi connectivity index (χ0v) is 16.3. The fraction of sp³-hybridized carbons (Fsp3) is 0.526. The molecular weight excluding hydrogens is 348 g/mol. The van der Waals surface area contributed by atoms with E-state index in [1.807, 2.05) is 19.1 Å². The zero-order valence-electron chi connectivity index (χ0n) is 16.3. The molecule has 1 aliphatic heterocycles. The number of benzene rings is 1. The van der Waals surface area contributed by atoms with Gasteiger partial charge in [0.2, 0.25) is 0 Å². The summed E-state index contributed by atoms with van der Waals surface area (Å²) in [5, 5.41) is 5.90. The minimum absolute atomic E-state index is 0.137. The van der Waals surface area contributed by atoms with Crippen LogP contribution >= 0.6 is 0 Å². The number of carbonyl (C=O) groups is 2. The first-order chi connectivity index (χ1) is 13.0. The molecule has 0 bridgehead atoms. The van der Waals surface area contributed by atoms with Crippen LogP contribution in [0, 0.1) is 11.8 Å². The molecule has 1 saturated heterocycles. The maximum atomic E-state index is 11.9. The van der Waals surface area contributed by atoms with Crippen molar-refractivity contribution < 1.29 is 19.1 Å². The summed E-state index contributed by atoms with van der Waals surface area (Å²) in [6.07, 6.45) is -0.501. The highest BCUT2D eigenvalue weighted by Crippen LogP contribution is 2.24. The van der Waals surface area contributed by atoms with E-state index in [-0.39, 0.29) is 17.8 Å². The summed E-state index contributed by atoms with van der Waals surface area (Å²) < 4.78 is 9.47. The molecule has 1 fully saturated rings. The number of hydrogen-bond acceptors (Lipinski definition) is 5. The molecule has 2 unspecified atom stereocenters. The largest absolute Gasteiger partial charge is 0.469 e. The van der Waals surface area contributed by atoms with Gasteiger partial charge in [0.05, 0.1) is 26.7 Å². The molecule has 0 saturated carbocycles. The van der Waals surface area contributed by atoms with E-state index in [0.29, 0.717) is 18.8 Å². The second kappa shape index (κ2) is 9.80. The molecule has 0 aliphatic carbocycles. The Morgan fingerprint density at radius 2 is 1.89 bits per heavy atom. The lowest BCUT2D eigenvalue weighted by molar-refractivity contribution is -0.145. The fourth-order valence-corrected chi connectivity index (χ4v) is 3.05. The number of esters is 1. The number of hydrogen-bond donors (Lipinski definition) is 2. The van der Waals surface area contributed by atoms with E-state index in [4.69, 9.17) is 9.73 Å². The minimum Gasteiger partial charge on any atom is -0.469 e. The summed E-state index contributed by atoms with van der Waals surface area (Å²) in [4.78, 5) is 29.9. The molecule has 2 atom stereocenters. The van der Waals surface area contributed by atoms with Gasteiger partial charge in [-0.2, -0.15) is 0 Å². The van der Waals surface area contributed by atoms with Gasteiger partial charge < -0.3 is 19.7 Å². The number of nitrogens with one attached hydrogen (secondary N) is 2. The second-order valence-corrected chi connectivity index (χ2v) is 6.50. The predicted molar refractivity (Wildman–Crippen MR) is 104 cm³/mol. The van der Waals surface area contributed by atoms with Crippen molar-refractivity contribution in [2.45, 2.75) is 20.4 Å². The summed E-state index contributed by atoms with van der Waals surface area (Å²) >= 11 is 0. The van der Waals surface area contributed by atoms with Crippen molar-refractivity contribution in [2.24, 2.45) is 16.8 Å². The summed E-state index contributed by atoms with van der Waals surface area (Å²) in [7, 11) is 2.75. The Hall–Kier alpha value is -2.77. The number of anilines is 1. The van der Waals surface area contributed by atoms with E-state index in [2.05, 4.69) is 27.2 Å². The monoisotopic (exact) mass is 376 g/mol. The molecule has 1 aromatic carbocycles. The molecule has 148 valence electrons. The number of guanidine groups is 1. The number of amides is 1. The van der Waals surface area contributed by atoms with Crippen molar-refractivity contribution in [3.05, 3.63) is 29.8 Å². The maximum absolute atomic E-state index is 11.9. The SMILES string of the molecule is CCNC(=NCc1ccc(NC(=O)OC)cc1)N1CC(C)C(C(=O)OC)C1. The number of likely N-dealkylation sites (tertiary alicyclic amines) is 1. The minimum atomic E-state index is -0.501. The van der Waals surface area contributed by atoms with Crippen LogP contribution in [0.3, 0.4) is 0 Å². The van der Waals surface area contributed by atoms with Gasteiger partial charge in [0, 0.05) is 25.3 Å². The number of methoxy groups -OCH3 is 2.